The first kappa shape index (κ1) is 15.3. The second-order valence-electron chi connectivity index (χ2n) is 5.81. The highest BCUT2D eigenvalue weighted by Crippen LogP contribution is 2.25. The molecule has 1 aromatic rings. The zero-order chi connectivity index (χ0) is 14.5. The maximum Gasteiger partial charge on any atom is 0.0750 e. The summed E-state index contributed by atoms with van der Waals surface area (Å²) in [7, 11) is 2.17. The molecule has 1 heterocycles. The highest BCUT2D eigenvalue weighted by molar-refractivity contribution is 5.48. The lowest BCUT2D eigenvalue weighted by molar-refractivity contribution is 0.118. The Morgan fingerprint density at radius 2 is 2.05 bits per heavy atom. The highest BCUT2D eigenvalue weighted by Gasteiger charge is 2.27. The van der Waals surface area contributed by atoms with E-state index in [0.29, 0.717) is 18.2 Å². The van der Waals surface area contributed by atoms with E-state index < -0.39 is 0 Å². The lowest BCUT2D eigenvalue weighted by Crippen LogP contribution is -2.36. The van der Waals surface area contributed by atoms with E-state index in [4.69, 9.17) is 4.74 Å². The van der Waals surface area contributed by atoms with Crippen LogP contribution < -0.4 is 10.2 Å². The molecule has 112 valence electrons. The fourth-order valence-electron chi connectivity index (χ4n) is 2.90. The van der Waals surface area contributed by atoms with Gasteiger partial charge in [-0.1, -0.05) is 19.1 Å². The Morgan fingerprint density at radius 1 is 1.35 bits per heavy atom. The van der Waals surface area contributed by atoms with Gasteiger partial charge >= 0.3 is 0 Å². The third-order valence-corrected chi connectivity index (χ3v) is 4.33. The summed E-state index contributed by atoms with van der Waals surface area (Å²) < 4.78 is 5.66. The number of nitrogens with one attached hydrogen (secondary N) is 1. The number of ether oxygens (including phenoxy) is 1. The van der Waals surface area contributed by atoms with E-state index in [1.54, 1.807) is 0 Å². The number of hydrogen-bond acceptors (Lipinski definition) is 3. The molecule has 1 saturated heterocycles. The van der Waals surface area contributed by atoms with Crippen molar-refractivity contribution in [1.29, 1.82) is 0 Å². The Hall–Kier alpha value is -1.06. The van der Waals surface area contributed by atoms with E-state index in [9.17, 15) is 0 Å². The van der Waals surface area contributed by atoms with E-state index in [-0.39, 0.29) is 0 Å². The molecule has 1 N–H and O–H groups in total. The zero-order valence-corrected chi connectivity index (χ0v) is 13.2. The molecule has 1 aromatic carbocycles. The van der Waals surface area contributed by atoms with Crippen LogP contribution in [0.3, 0.4) is 0 Å². The molecule has 0 spiro atoms. The van der Waals surface area contributed by atoms with Crippen LogP contribution in [0, 0.1) is 0 Å². The van der Waals surface area contributed by atoms with Crippen molar-refractivity contribution in [3.8, 4) is 0 Å². The van der Waals surface area contributed by atoms with Crippen LogP contribution in [0.15, 0.2) is 24.3 Å². The Kier molecular flexibility index (Phi) is 5.44. The molecule has 1 aliphatic heterocycles. The smallest absolute Gasteiger partial charge is 0.0750 e. The van der Waals surface area contributed by atoms with Crippen LogP contribution in [0.5, 0.6) is 0 Å². The van der Waals surface area contributed by atoms with Crippen molar-refractivity contribution in [1.82, 2.24) is 5.32 Å². The van der Waals surface area contributed by atoms with Gasteiger partial charge in [0.2, 0.25) is 0 Å². The van der Waals surface area contributed by atoms with Crippen molar-refractivity contribution in [2.24, 2.45) is 0 Å². The van der Waals surface area contributed by atoms with Gasteiger partial charge in [-0.2, -0.15) is 0 Å². The molecule has 1 fully saturated rings. The highest BCUT2D eigenvalue weighted by atomic mass is 16.5. The quantitative estimate of drug-likeness (QED) is 0.862. The molecule has 0 saturated carbocycles. The average molecular weight is 276 g/mol. The number of hydrogen-bond donors (Lipinski definition) is 1. The molecule has 0 bridgehead atoms. The Balaban J connectivity index is 2.00. The molecular weight excluding hydrogens is 248 g/mol. The van der Waals surface area contributed by atoms with Crippen LogP contribution >= 0.6 is 0 Å². The lowest BCUT2D eigenvalue weighted by Gasteiger charge is -2.29. The largest absolute Gasteiger partial charge is 0.376 e. The second-order valence-corrected chi connectivity index (χ2v) is 5.81. The molecule has 3 atom stereocenters. The molecule has 0 aliphatic carbocycles. The Morgan fingerprint density at radius 3 is 2.60 bits per heavy atom. The van der Waals surface area contributed by atoms with Crippen molar-refractivity contribution in [2.75, 3.05) is 25.1 Å². The van der Waals surface area contributed by atoms with Crippen molar-refractivity contribution in [3.63, 3.8) is 0 Å². The van der Waals surface area contributed by atoms with E-state index in [2.05, 4.69) is 62.3 Å². The first-order valence-electron chi connectivity index (χ1n) is 7.81. The second kappa shape index (κ2) is 7.09. The number of rotatable bonds is 6. The minimum absolute atomic E-state index is 0.324. The van der Waals surface area contributed by atoms with Gasteiger partial charge in [0.25, 0.3) is 0 Å². The maximum atomic E-state index is 5.66. The van der Waals surface area contributed by atoms with Gasteiger partial charge in [-0.15, -0.1) is 0 Å². The predicted octanol–water partition coefficient (Wildman–Crippen LogP) is 3.36. The van der Waals surface area contributed by atoms with Gasteiger partial charge in [-0.25, -0.2) is 0 Å². The molecule has 2 rings (SSSR count). The summed E-state index contributed by atoms with van der Waals surface area (Å²) in [4.78, 5) is 2.35. The molecule has 20 heavy (non-hydrogen) atoms. The SMILES string of the molecule is CCCNC(C)c1ccc(N(C)C2CCOC2C)cc1. The predicted molar refractivity (Wildman–Crippen MR) is 85.4 cm³/mol. The summed E-state index contributed by atoms with van der Waals surface area (Å²) in [6, 6.07) is 9.84. The van der Waals surface area contributed by atoms with E-state index in [1.807, 2.05) is 0 Å². The van der Waals surface area contributed by atoms with Crippen LogP contribution in [0.4, 0.5) is 5.69 Å². The number of anilines is 1. The summed E-state index contributed by atoms with van der Waals surface area (Å²) in [6.45, 7) is 8.54. The summed E-state index contributed by atoms with van der Waals surface area (Å²) in [5.41, 5.74) is 2.63. The molecular formula is C17H28N2O. The van der Waals surface area contributed by atoms with Gasteiger partial charge in [0.15, 0.2) is 0 Å². The van der Waals surface area contributed by atoms with Gasteiger partial charge in [-0.05, 0) is 50.9 Å². The fourth-order valence-corrected chi connectivity index (χ4v) is 2.90. The first-order chi connectivity index (χ1) is 9.63. The number of nitrogens with zero attached hydrogens (tertiary/aromatic N) is 1. The van der Waals surface area contributed by atoms with E-state index in [0.717, 1.165) is 19.6 Å². The van der Waals surface area contributed by atoms with Crippen LogP contribution in [0.2, 0.25) is 0 Å². The zero-order valence-electron chi connectivity index (χ0n) is 13.2. The Bertz CT molecular complexity index is 404. The fraction of sp³-hybridized carbons (Fsp3) is 0.647. The van der Waals surface area contributed by atoms with Crippen LogP contribution in [-0.2, 0) is 4.74 Å². The van der Waals surface area contributed by atoms with Gasteiger partial charge in [0, 0.05) is 25.4 Å². The van der Waals surface area contributed by atoms with Crippen molar-refractivity contribution >= 4 is 5.69 Å². The van der Waals surface area contributed by atoms with Crippen molar-refractivity contribution < 1.29 is 4.74 Å². The lowest BCUT2D eigenvalue weighted by atomic mass is 10.1. The van der Waals surface area contributed by atoms with Crippen LogP contribution in [0.25, 0.3) is 0 Å². The topological polar surface area (TPSA) is 24.5 Å². The molecule has 3 heteroatoms. The summed E-state index contributed by atoms with van der Waals surface area (Å²) >= 11 is 0. The standard InChI is InChI=1S/C17H28N2O/c1-5-11-18-13(2)15-6-8-16(9-7-15)19(4)17-10-12-20-14(17)3/h6-9,13-14,17-18H,5,10-12H2,1-4H3. The monoisotopic (exact) mass is 276 g/mol. The summed E-state index contributed by atoms with van der Waals surface area (Å²) in [5.74, 6) is 0. The van der Waals surface area contributed by atoms with Crippen LogP contribution in [-0.4, -0.2) is 32.3 Å². The van der Waals surface area contributed by atoms with Gasteiger partial charge in [-0.3, -0.25) is 0 Å². The average Bonchev–Trinajstić information content (AvgIpc) is 2.90. The Labute approximate surface area is 123 Å². The van der Waals surface area contributed by atoms with Crippen molar-refractivity contribution in [2.45, 2.75) is 51.8 Å². The van der Waals surface area contributed by atoms with Gasteiger partial charge in [0.1, 0.15) is 0 Å². The van der Waals surface area contributed by atoms with E-state index in [1.165, 1.54) is 17.7 Å². The third kappa shape index (κ3) is 3.53. The minimum atomic E-state index is 0.324. The van der Waals surface area contributed by atoms with Gasteiger partial charge in [0.05, 0.1) is 12.1 Å². The minimum Gasteiger partial charge on any atom is -0.376 e. The van der Waals surface area contributed by atoms with Crippen LogP contribution in [0.1, 0.15) is 45.2 Å². The summed E-state index contributed by atoms with van der Waals surface area (Å²) in [5, 5.41) is 3.53. The normalized spacial score (nSPS) is 23.8. The first-order valence-corrected chi connectivity index (χ1v) is 7.81. The molecule has 3 nitrogen and oxygen atoms in total. The number of likely N-dealkylation sites (N-methyl/N-ethyl adjacent to an activating group) is 1. The maximum absolute atomic E-state index is 5.66. The molecule has 1 aliphatic rings. The number of benzene rings is 1. The van der Waals surface area contributed by atoms with E-state index >= 15 is 0 Å². The molecule has 3 unspecified atom stereocenters. The third-order valence-electron chi connectivity index (χ3n) is 4.33. The molecule has 0 radical (unpaired) electrons. The van der Waals surface area contributed by atoms with Crippen molar-refractivity contribution in [3.05, 3.63) is 29.8 Å². The van der Waals surface area contributed by atoms with Gasteiger partial charge < -0.3 is 15.0 Å². The summed E-state index contributed by atoms with van der Waals surface area (Å²) in [6.07, 6.45) is 2.61. The molecule has 0 aromatic heterocycles. The molecule has 0 amide bonds.